The lowest BCUT2D eigenvalue weighted by Gasteiger charge is -2.36. The Kier molecular flexibility index (Phi) is 4.00. The number of carbonyl (C=O) groups is 2. The lowest BCUT2D eigenvalue weighted by atomic mass is 9.73. The number of amides is 2. The number of hydrogen-bond donors (Lipinski definition) is 1. The van der Waals surface area contributed by atoms with Crippen LogP contribution in [-0.4, -0.2) is 50.1 Å². The molecule has 6 heteroatoms. The minimum absolute atomic E-state index is 0.00106. The van der Waals surface area contributed by atoms with Gasteiger partial charge in [0.25, 0.3) is 5.91 Å². The van der Waals surface area contributed by atoms with Gasteiger partial charge in [0.1, 0.15) is 0 Å². The fourth-order valence-corrected chi connectivity index (χ4v) is 4.43. The van der Waals surface area contributed by atoms with Crippen LogP contribution >= 0.6 is 0 Å². The van der Waals surface area contributed by atoms with Crippen molar-refractivity contribution in [3.63, 3.8) is 0 Å². The van der Waals surface area contributed by atoms with Gasteiger partial charge in [-0.1, -0.05) is 12.1 Å². The molecule has 1 aromatic carbocycles. The Morgan fingerprint density at radius 1 is 1.27 bits per heavy atom. The van der Waals surface area contributed by atoms with E-state index in [2.05, 4.69) is 11.4 Å². The quantitative estimate of drug-likeness (QED) is 0.892. The number of ether oxygens (including phenoxy) is 1. The maximum atomic E-state index is 13.0. The summed E-state index contributed by atoms with van der Waals surface area (Å²) in [7, 11) is 1.65. The van der Waals surface area contributed by atoms with Crippen LogP contribution in [0.25, 0.3) is 0 Å². The average molecular weight is 353 g/mol. The van der Waals surface area contributed by atoms with Crippen LogP contribution < -0.4 is 5.32 Å². The summed E-state index contributed by atoms with van der Waals surface area (Å²) in [4.78, 5) is 27.3. The number of nitriles is 1. The Bertz CT molecular complexity index is 778. The summed E-state index contributed by atoms with van der Waals surface area (Å²) in [5.74, 6) is -0.0232. The number of nitrogens with one attached hydrogen (secondary N) is 1. The van der Waals surface area contributed by atoms with E-state index in [1.165, 1.54) is 0 Å². The lowest BCUT2D eigenvalue weighted by Crippen LogP contribution is -2.49. The molecule has 2 heterocycles. The van der Waals surface area contributed by atoms with Gasteiger partial charge in [0, 0.05) is 38.2 Å². The van der Waals surface area contributed by atoms with Crippen molar-refractivity contribution in [2.24, 2.45) is 11.3 Å². The molecule has 0 radical (unpaired) electrons. The van der Waals surface area contributed by atoms with Crippen LogP contribution in [0.1, 0.15) is 35.2 Å². The Morgan fingerprint density at radius 3 is 2.62 bits per heavy atom. The standard InChI is InChI=1S/C20H23N3O3/c1-22-18(25)20-8-9-26-11-16(20)10-23(13-20)17(24)14-2-4-15(5-3-14)19(12-21)6-7-19/h2-5,16H,6-11,13H2,1H3,(H,22,25)/t16-,20+/m1/s1. The van der Waals surface area contributed by atoms with Crippen LogP contribution in [0, 0.1) is 22.7 Å². The number of nitrogens with zero attached hydrogens (tertiary/aromatic N) is 2. The summed E-state index contributed by atoms with van der Waals surface area (Å²) in [6.45, 7) is 2.04. The molecule has 1 aliphatic carbocycles. The first-order valence-electron chi connectivity index (χ1n) is 9.16. The van der Waals surface area contributed by atoms with Gasteiger partial charge in [-0.2, -0.15) is 5.26 Å². The van der Waals surface area contributed by atoms with E-state index >= 15 is 0 Å². The molecular formula is C20H23N3O3. The van der Waals surface area contributed by atoms with Crippen LogP contribution in [0.5, 0.6) is 0 Å². The molecule has 3 aliphatic rings. The zero-order valence-electron chi connectivity index (χ0n) is 15.0. The molecule has 4 rings (SSSR count). The van der Waals surface area contributed by atoms with Gasteiger partial charge in [-0.3, -0.25) is 9.59 Å². The summed E-state index contributed by atoms with van der Waals surface area (Å²) in [6.07, 6.45) is 2.42. The molecule has 3 fully saturated rings. The third-order valence-electron chi connectivity index (χ3n) is 6.32. The van der Waals surface area contributed by atoms with E-state index in [0.29, 0.717) is 38.3 Å². The molecule has 1 N–H and O–H groups in total. The predicted octanol–water partition coefficient (Wildman–Crippen LogP) is 1.47. The molecule has 6 nitrogen and oxygen atoms in total. The molecule has 136 valence electrons. The van der Waals surface area contributed by atoms with Crippen molar-refractivity contribution in [3.8, 4) is 6.07 Å². The van der Waals surface area contributed by atoms with Crippen molar-refractivity contribution in [3.05, 3.63) is 35.4 Å². The second-order valence-corrected chi connectivity index (χ2v) is 7.71. The molecule has 2 amide bonds. The summed E-state index contributed by atoms with van der Waals surface area (Å²) >= 11 is 0. The Morgan fingerprint density at radius 2 is 2.00 bits per heavy atom. The molecule has 0 unspecified atom stereocenters. The average Bonchev–Trinajstić information content (AvgIpc) is 3.39. The lowest BCUT2D eigenvalue weighted by molar-refractivity contribution is -0.138. The zero-order valence-corrected chi connectivity index (χ0v) is 15.0. The number of likely N-dealkylation sites (tertiary alicyclic amines) is 1. The van der Waals surface area contributed by atoms with Gasteiger partial charge in [0.05, 0.1) is 23.5 Å². The van der Waals surface area contributed by atoms with Gasteiger partial charge >= 0.3 is 0 Å². The molecule has 0 aromatic heterocycles. The molecule has 0 spiro atoms. The van der Waals surface area contributed by atoms with E-state index in [9.17, 15) is 14.9 Å². The number of carbonyl (C=O) groups excluding carboxylic acids is 2. The van der Waals surface area contributed by atoms with Gasteiger partial charge in [-0.25, -0.2) is 0 Å². The molecule has 1 aromatic rings. The van der Waals surface area contributed by atoms with E-state index in [4.69, 9.17) is 4.74 Å². The maximum absolute atomic E-state index is 13.0. The van der Waals surface area contributed by atoms with Gasteiger partial charge in [-0.15, -0.1) is 0 Å². The topological polar surface area (TPSA) is 82.4 Å². The molecule has 26 heavy (non-hydrogen) atoms. The van der Waals surface area contributed by atoms with Crippen molar-refractivity contribution >= 4 is 11.8 Å². The van der Waals surface area contributed by atoms with Crippen LogP contribution in [0.3, 0.4) is 0 Å². The summed E-state index contributed by atoms with van der Waals surface area (Å²) in [5, 5.41) is 12.1. The minimum Gasteiger partial charge on any atom is -0.381 e. The first-order chi connectivity index (χ1) is 12.5. The van der Waals surface area contributed by atoms with Crippen LogP contribution in [0.15, 0.2) is 24.3 Å². The first kappa shape index (κ1) is 17.0. The highest BCUT2D eigenvalue weighted by Gasteiger charge is 2.54. The van der Waals surface area contributed by atoms with Crippen LogP contribution in [0.2, 0.25) is 0 Å². The molecule has 0 bridgehead atoms. The van der Waals surface area contributed by atoms with Gasteiger partial charge < -0.3 is 15.0 Å². The number of rotatable bonds is 3. The highest BCUT2D eigenvalue weighted by Crippen LogP contribution is 2.47. The van der Waals surface area contributed by atoms with Gasteiger partial charge in [0.15, 0.2) is 0 Å². The van der Waals surface area contributed by atoms with E-state index in [0.717, 1.165) is 18.4 Å². The number of benzene rings is 1. The normalized spacial score (nSPS) is 28.8. The monoisotopic (exact) mass is 353 g/mol. The summed E-state index contributed by atoms with van der Waals surface area (Å²) in [6, 6.07) is 9.77. The Hall–Kier alpha value is -2.39. The Labute approximate surface area is 153 Å². The van der Waals surface area contributed by atoms with E-state index in [1.807, 2.05) is 12.1 Å². The largest absolute Gasteiger partial charge is 0.381 e. The SMILES string of the molecule is CNC(=O)[C@]12CCOC[C@H]1CN(C(=O)c1ccc(C3(C#N)CC3)cc1)C2. The van der Waals surface area contributed by atoms with Crippen LogP contribution in [0.4, 0.5) is 0 Å². The minimum atomic E-state index is -0.540. The van der Waals surface area contributed by atoms with Gasteiger partial charge in [-0.05, 0) is 37.0 Å². The molecule has 1 saturated carbocycles. The van der Waals surface area contributed by atoms with Crippen molar-refractivity contribution in [2.45, 2.75) is 24.7 Å². The predicted molar refractivity (Wildman–Crippen MR) is 94.3 cm³/mol. The fourth-order valence-electron chi connectivity index (χ4n) is 4.43. The fraction of sp³-hybridized carbons (Fsp3) is 0.550. The third-order valence-corrected chi connectivity index (χ3v) is 6.32. The molecule has 2 aliphatic heterocycles. The summed E-state index contributed by atoms with van der Waals surface area (Å²) in [5.41, 5.74) is 0.711. The highest BCUT2D eigenvalue weighted by molar-refractivity contribution is 5.95. The summed E-state index contributed by atoms with van der Waals surface area (Å²) < 4.78 is 5.56. The number of hydrogen-bond acceptors (Lipinski definition) is 4. The van der Waals surface area contributed by atoms with E-state index in [1.54, 1.807) is 24.1 Å². The van der Waals surface area contributed by atoms with E-state index < -0.39 is 5.41 Å². The van der Waals surface area contributed by atoms with E-state index in [-0.39, 0.29) is 23.1 Å². The molecule has 2 atom stereocenters. The third kappa shape index (κ3) is 2.50. The molecule has 2 saturated heterocycles. The molecular weight excluding hydrogens is 330 g/mol. The highest BCUT2D eigenvalue weighted by atomic mass is 16.5. The van der Waals surface area contributed by atoms with Crippen molar-refractivity contribution < 1.29 is 14.3 Å². The van der Waals surface area contributed by atoms with Crippen molar-refractivity contribution in [1.82, 2.24) is 10.2 Å². The second-order valence-electron chi connectivity index (χ2n) is 7.71. The van der Waals surface area contributed by atoms with Crippen molar-refractivity contribution in [1.29, 1.82) is 5.26 Å². The maximum Gasteiger partial charge on any atom is 0.253 e. The first-order valence-corrected chi connectivity index (χ1v) is 9.16. The van der Waals surface area contributed by atoms with Gasteiger partial charge in [0.2, 0.25) is 5.91 Å². The second kappa shape index (κ2) is 6.10. The van der Waals surface area contributed by atoms with Crippen LogP contribution in [-0.2, 0) is 14.9 Å². The smallest absolute Gasteiger partial charge is 0.253 e. The Balaban J connectivity index is 1.54. The zero-order chi connectivity index (χ0) is 18.4. The van der Waals surface area contributed by atoms with Crippen molar-refractivity contribution in [2.75, 3.05) is 33.4 Å². The number of fused-ring (bicyclic) bond motifs is 1.